The van der Waals surface area contributed by atoms with Crippen LogP contribution in [0.1, 0.15) is 5.56 Å². The second kappa shape index (κ2) is 7.84. The summed E-state index contributed by atoms with van der Waals surface area (Å²) < 4.78 is 37.3. The van der Waals surface area contributed by atoms with Crippen molar-refractivity contribution < 1.29 is 27.8 Å². The number of ether oxygens (including phenoxy) is 2. The van der Waals surface area contributed by atoms with Gasteiger partial charge in [-0.1, -0.05) is 17.7 Å². The van der Waals surface area contributed by atoms with E-state index in [4.69, 9.17) is 21.1 Å². The molecule has 0 aromatic heterocycles. The lowest BCUT2D eigenvalue weighted by Crippen LogP contribution is -2.36. The smallest absolute Gasteiger partial charge is 0.324 e. The third kappa shape index (κ3) is 4.03. The summed E-state index contributed by atoms with van der Waals surface area (Å²) in [5, 5.41) is 9.37. The van der Waals surface area contributed by atoms with Crippen molar-refractivity contribution in [2.45, 2.75) is 11.8 Å². The highest BCUT2D eigenvalue weighted by Crippen LogP contribution is 2.34. The average molecular weight is 400 g/mol. The summed E-state index contributed by atoms with van der Waals surface area (Å²) in [6.07, 6.45) is 0. The molecule has 0 saturated carbocycles. The lowest BCUT2D eigenvalue weighted by atomic mass is 10.2. The monoisotopic (exact) mass is 399 g/mol. The van der Waals surface area contributed by atoms with Gasteiger partial charge in [-0.15, -0.1) is 0 Å². The summed E-state index contributed by atoms with van der Waals surface area (Å²) in [5.41, 5.74) is 0.786. The van der Waals surface area contributed by atoms with E-state index in [1.54, 1.807) is 13.0 Å². The first kappa shape index (κ1) is 19.9. The van der Waals surface area contributed by atoms with Crippen molar-refractivity contribution in [3.63, 3.8) is 0 Å². The topological polar surface area (TPSA) is 93.1 Å². The Hall–Kier alpha value is -2.45. The molecule has 1 N–H and O–H groups in total. The Kier molecular flexibility index (Phi) is 5.99. The van der Waals surface area contributed by atoms with Crippen LogP contribution in [0.5, 0.6) is 11.5 Å². The van der Waals surface area contributed by atoms with Crippen LogP contribution in [0, 0.1) is 6.92 Å². The highest BCUT2D eigenvalue weighted by atomic mass is 35.5. The minimum Gasteiger partial charge on any atom is -0.495 e. The van der Waals surface area contributed by atoms with Crippen LogP contribution in [0.15, 0.2) is 41.3 Å². The van der Waals surface area contributed by atoms with Crippen LogP contribution < -0.4 is 13.8 Å². The molecule has 0 saturated heterocycles. The van der Waals surface area contributed by atoms with E-state index >= 15 is 0 Å². The Morgan fingerprint density at radius 1 is 1.12 bits per heavy atom. The molecule has 26 heavy (non-hydrogen) atoms. The molecular formula is C17H18ClNO6S. The van der Waals surface area contributed by atoms with Gasteiger partial charge >= 0.3 is 5.97 Å². The number of carboxylic acid groups (broad SMARTS) is 1. The summed E-state index contributed by atoms with van der Waals surface area (Å²) in [7, 11) is -1.46. The molecule has 2 rings (SSSR count). The van der Waals surface area contributed by atoms with Gasteiger partial charge in [0.05, 0.1) is 24.9 Å². The number of aliphatic carboxylic acids is 1. The lowest BCUT2D eigenvalue weighted by molar-refractivity contribution is -0.135. The first-order valence-electron chi connectivity index (χ1n) is 7.43. The van der Waals surface area contributed by atoms with Gasteiger partial charge in [-0.05, 0) is 42.8 Å². The number of anilines is 1. The molecule has 0 heterocycles. The summed E-state index contributed by atoms with van der Waals surface area (Å²) in [5.74, 6) is -0.853. The predicted molar refractivity (Wildman–Crippen MR) is 97.9 cm³/mol. The molecule has 0 radical (unpaired) electrons. The van der Waals surface area contributed by atoms with Crippen molar-refractivity contribution in [2.24, 2.45) is 0 Å². The molecule has 9 heteroatoms. The van der Waals surface area contributed by atoms with E-state index in [-0.39, 0.29) is 21.4 Å². The molecule has 2 aromatic rings. The molecule has 0 fully saturated rings. The molecule has 0 amide bonds. The van der Waals surface area contributed by atoms with Crippen LogP contribution in [0.25, 0.3) is 0 Å². The van der Waals surface area contributed by atoms with E-state index in [1.165, 1.54) is 44.6 Å². The summed E-state index contributed by atoms with van der Waals surface area (Å²) >= 11 is 6.07. The number of aryl methyl sites for hydroxylation is 1. The van der Waals surface area contributed by atoms with E-state index in [9.17, 15) is 18.3 Å². The largest absolute Gasteiger partial charge is 0.495 e. The van der Waals surface area contributed by atoms with E-state index in [0.29, 0.717) is 11.3 Å². The van der Waals surface area contributed by atoms with Crippen LogP contribution in [-0.4, -0.2) is 40.3 Å². The molecule has 0 atom stereocenters. The SMILES string of the molecule is COc1ccc(N(CC(=O)O)S(=O)(=O)c2cc(C)ccc2OC)cc1Cl. The van der Waals surface area contributed by atoms with Gasteiger partial charge in [-0.2, -0.15) is 0 Å². The standard InChI is InChI=1S/C17H18ClNO6S/c1-11-4-6-15(25-3)16(8-11)26(22,23)19(10-17(20)21)12-5-7-14(24-2)13(18)9-12/h4-9H,10H2,1-3H3,(H,20,21). The molecule has 0 spiro atoms. The van der Waals surface area contributed by atoms with Crippen LogP contribution in [-0.2, 0) is 14.8 Å². The number of rotatable bonds is 7. The van der Waals surface area contributed by atoms with E-state index in [0.717, 1.165) is 4.31 Å². The van der Waals surface area contributed by atoms with E-state index in [1.807, 2.05) is 0 Å². The number of benzene rings is 2. The third-order valence-corrected chi connectivity index (χ3v) is 5.68. The highest BCUT2D eigenvalue weighted by molar-refractivity contribution is 7.93. The number of methoxy groups -OCH3 is 2. The zero-order chi connectivity index (χ0) is 19.5. The quantitative estimate of drug-likeness (QED) is 0.769. The molecule has 140 valence electrons. The first-order chi connectivity index (χ1) is 12.2. The average Bonchev–Trinajstić information content (AvgIpc) is 2.59. The third-order valence-electron chi connectivity index (χ3n) is 3.59. The molecule has 7 nitrogen and oxygen atoms in total. The van der Waals surface area contributed by atoms with E-state index in [2.05, 4.69) is 0 Å². The maximum absolute atomic E-state index is 13.2. The zero-order valence-corrected chi connectivity index (χ0v) is 16.0. The molecule has 0 bridgehead atoms. The Bertz CT molecular complexity index is 929. The van der Waals surface area contributed by atoms with Gasteiger partial charge in [-0.25, -0.2) is 8.42 Å². The Morgan fingerprint density at radius 3 is 2.27 bits per heavy atom. The van der Waals surface area contributed by atoms with Gasteiger partial charge < -0.3 is 14.6 Å². The van der Waals surface area contributed by atoms with Crippen molar-refractivity contribution in [1.29, 1.82) is 0 Å². The number of nitrogens with zero attached hydrogens (tertiary/aromatic N) is 1. The number of carboxylic acids is 1. The number of halogens is 1. The second-order valence-electron chi connectivity index (χ2n) is 5.38. The Balaban J connectivity index is 2.64. The first-order valence-corrected chi connectivity index (χ1v) is 9.25. The number of carbonyl (C=O) groups is 1. The predicted octanol–water partition coefficient (Wildman–Crippen LogP) is 2.95. The molecule has 0 aliphatic heterocycles. The number of sulfonamides is 1. The molecule has 0 aliphatic carbocycles. The number of hydrogen-bond acceptors (Lipinski definition) is 5. The fraction of sp³-hybridized carbons (Fsp3) is 0.235. The van der Waals surface area contributed by atoms with Crippen LogP contribution in [0.3, 0.4) is 0 Å². The van der Waals surface area contributed by atoms with Crippen molar-refractivity contribution in [3.8, 4) is 11.5 Å². The molecule has 0 unspecified atom stereocenters. The Labute approximate surface area is 156 Å². The van der Waals surface area contributed by atoms with Gasteiger partial charge in [0.2, 0.25) is 0 Å². The molecule has 2 aromatic carbocycles. The maximum Gasteiger partial charge on any atom is 0.324 e. The fourth-order valence-corrected chi connectivity index (χ4v) is 4.25. The summed E-state index contributed by atoms with van der Waals surface area (Å²) in [6.45, 7) is 0.951. The Morgan fingerprint density at radius 2 is 1.73 bits per heavy atom. The van der Waals surface area contributed by atoms with Gasteiger partial charge in [0.15, 0.2) is 0 Å². The molecule has 0 aliphatic rings. The van der Waals surface area contributed by atoms with Crippen LogP contribution in [0.4, 0.5) is 5.69 Å². The second-order valence-corrected chi connectivity index (χ2v) is 7.62. The van der Waals surface area contributed by atoms with Crippen molar-refractivity contribution in [1.82, 2.24) is 0 Å². The number of hydrogen-bond donors (Lipinski definition) is 1. The summed E-state index contributed by atoms with van der Waals surface area (Å²) in [4.78, 5) is 11.2. The van der Waals surface area contributed by atoms with Crippen molar-refractivity contribution >= 4 is 33.3 Å². The lowest BCUT2D eigenvalue weighted by Gasteiger charge is -2.24. The maximum atomic E-state index is 13.2. The van der Waals surface area contributed by atoms with Crippen molar-refractivity contribution in [3.05, 3.63) is 47.0 Å². The normalized spacial score (nSPS) is 11.1. The van der Waals surface area contributed by atoms with Crippen LogP contribution >= 0.6 is 11.6 Å². The molecular weight excluding hydrogens is 382 g/mol. The minimum absolute atomic E-state index is 0.0989. The van der Waals surface area contributed by atoms with E-state index < -0.39 is 22.5 Å². The zero-order valence-electron chi connectivity index (χ0n) is 14.4. The fourth-order valence-electron chi connectivity index (χ4n) is 2.35. The van der Waals surface area contributed by atoms with Gasteiger partial charge in [0.1, 0.15) is 22.9 Å². The minimum atomic E-state index is -4.22. The van der Waals surface area contributed by atoms with Crippen molar-refractivity contribution in [2.75, 3.05) is 25.1 Å². The summed E-state index contributed by atoms with van der Waals surface area (Å²) in [6, 6.07) is 8.87. The van der Waals surface area contributed by atoms with Gasteiger partial charge in [0, 0.05) is 0 Å². The van der Waals surface area contributed by atoms with Gasteiger partial charge in [-0.3, -0.25) is 9.10 Å². The van der Waals surface area contributed by atoms with Crippen LogP contribution in [0.2, 0.25) is 5.02 Å². The highest BCUT2D eigenvalue weighted by Gasteiger charge is 2.30. The van der Waals surface area contributed by atoms with Gasteiger partial charge in [0.25, 0.3) is 10.0 Å².